The van der Waals surface area contributed by atoms with Crippen LogP contribution in [-0.2, 0) is 70.4 Å². The number of nitrogens with one attached hydrogen (secondary N) is 16. The summed E-state index contributed by atoms with van der Waals surface area (Å²) in [6.45, 7) is 36.5. The lowest BCUT2D eigenvalue weighted by atomic mass is 9.96. The van der Waals surface area contributed by atoms with Crippen LogP contribution >= 0.6 is 12.4 Å². The highest BCUT2D eigenvalue weighted by Gasteiger charge is 2.36. The molecule has 0 aromatic heterocycles. The fraction of sp³-hybridized carbons (Fsp3) is 0.529. The highest BCUT2D eigenvalue weighted by atomic mass is 35.5. The third-order valence-electron chi connectivity index (χ3n) is 18.7. The molecule has 688 valence electrons. The lowest BCUT2D eigenvalue weighted by molar-refractivity contribution is -0.141. The van der Waals surface area contributed by atoms with Crippen molar-refractivity contribution in [1.29, 1.82) is 5.26 Å². The van der Waals surface area contributed by atoms with E-state index in [-0.39, 0.29) is 98.9 Å². The molecule has 37 nitrogen and oxygen atoms in total. The molecule has 0 fully saturated rings. The van der Waals surface area contributed by atoms with Crippen molar-refractivity contribution >= 4 is 113 Å². The van der Waals surface area contributed by atoms with E-state index in [9.17, 15) is 71.9 Å². The number of amides is 18. The summed E-state index contributed by atoms with van der Waals surface area (Å²) in [7, 11) is 3.02. The topological polar surface area (TPSA) is 512 Å². The molecule has 38 heteroatoms. The average Bonchev–Trinajstić information content (AvgIpc) is 0.589. The van der Waals surface area contributed by atoms with E-state index < -0.39 is 125 Å². The number of likely N-dealkylation sites (N-methyl/N-ethyl adjacent to an activating group) is 2. The van der Waals surface area contributed by atoms with E-state index in [1.165, 1.54) is 35.6 Å². The van der Waals surface area contributed by atoms with Gasteiger partial charge in [-0.05, 0) is 134 Å². The van der Waals surface area contributed by atoms with Gasteiger partial charge in [-0.2, -0.15) is 5.26 Å². The van der Waals surface area contributed by atoms with Crippen LogP contribution in [0.4, 0.5) is 25.8 Å². The average molecular weight is 1760 g/mol. The van der Waals surface area contributed by atoms with Gasteiger partial charge in [-0.3, -0.25) is 78.2 Å². The van der Waals surface area contributed by atoms with Crippen LogP contribution in [0.2, 0.25) is 0 Å². The van der Waals surface area contributed by atoms with Crippen LogP contribution in [0.3, 0.4) is 0 Å². The first-order chi connectivity index (χ1) is 58.4. The van der Waals surface area contributed by atoms with Crippen LogP contribution in [0, 0.1) is 41.6 Å². The van der Waals surface area contributed by atoms with Crippen molar-refractivity contribution < 1.29 is 71.9 Å². The van der Waals surface area contributed by atoms with Gasteiger partial charge in [0.1, 0.15) is 42.3 Å². The molecule has 125 heavy (non-hydrogen) atoms. The number of anilines is 2. The molecular formula is C87H133ClN22O15. The zero-order valence-corrected chi connectivity index (χ0v) is 76.0. The number of hydrogen-bond donors (Lipinski definition) is 17. The molecule has 18 amide bonds. The second-order valence-corrected chi connectivity index (χ2v) is 32.5. The Morgan fingerprint density at radius 1 is 0.432 bits per heavy atom. The van der Waals surface area contributed by atoms with Gasteiger partial charge in [-0.25, -0.2) is 31.8 Å². The molecule has 4 rings (SSSR count). The van der Waals surface area contributed by atoms with E-state index in [1.807, 2.05) is 90.9 Å². The third kappa shape index (κ3) is 43.4. The summed E-state index contributed by atoms with van der Waals surface area (Å²) in [6, 6.07) is 28.0. The van der Waals surface area contributed by atoms with Crippen molar-refractivity contribution in [1.82, 2.24) is 90.4 Å². The van der Waals surface area contributed by atoms with Gasteiger partial charge < -0.3 is 79.3 Å². The SMILES string of the molecule is CCC(C)[C@H](NC(=O)[C@@H](N)Cc1ccccc1)C(=O)N[C@@H](CC(C)C)C(=O)NC.C[C@H](NC(=O)C(=O)NC(C)(C)C)C(=O)NNC(=O)N(CCNCCC#N)c1ccccc1.Cl.[C-]#[N+]CCN(CCN(C(=O)NNC(=O)[C@H](C)NC(=O)C(=O)NC(C)(C)C)c1ccccc1)C(=O)N[C@@H](Cc1ccccc1)C(=O)N[C@H](C(=O)N[C@@H](CC(C)C)C(=O)NC)C(C)CC. The second kappa shape index (κ2) is 57.8. The first-order valence-electron chi connectivity index (χ1n) is 41.5. The van der Waals surface area contributed by atoms with E-state index in [1.54, 1.807) is 140 Å². The number of urea groups is 3. The first-order valence-corrected chi connectivity index (χ1v) is 41.5. The molecular weight excluding hydrogens is 1630 g/mol. The zero-order valence-electron chi connectivity index (χ0n) is 75.2. The van der Waals surface area contributed by atoms with Crippen LogP contribution < -0.4 is 101 Å². The smallest absolute Gasteiger partial charge is 0.340 e. The Morgan fingerprint density at radius 3 is 1.18 bits per heavy atom. The van der Waals surface area contributed by atoms with E-state index in [0.717, 1.165) is 5.56 Å². The zero-order chi connectivity index (χ0) is 93.4. The molecule has 0 heterocycles. The van der Waals surface area contributed by atoms with Crippen molar-refractivity contribution in [3.05, 3.63) is 144 Å². The molecule has 0 aliphatic rings. The summed E-state index contributed by atoms with van der Waals surface area (Å²) in [4.78, 5) is 199. The number of hydrogen-bond acceptors (Lipinski definition) is 18. The maximum absolute atomic E-state index is 14.2. The molecule has 2 unspecified atom stereocenters. The highest BCUT2D eigenvalue weighted by molar-refractivity contribution is 6.36. The standard InChI is InChI=1S/C44H65N11O8.C22H36N4O3.C21H31N7O4.ClH/c1-11-29(4)35(39(59)48-33(26-28(2)3)37(57)46-10)50-38(58)34(27-31-18-14-12-15-19-31)49-42(62)54(23-22-45-9)24-25-55(32-20-16-13-17-21-32)43(63)53-52-36(56)30(5)47-40(60)41(61)51-44(6,7)8;1-6-15(4)19(22(29)25-18(12-14(2)3)21(28)24-5)26-20(27)17(23)13-16-10-8-7-9-11-16;1-15(24-18(30)19(31)25-21(2,3)4)17(29)26-27-20(32)28(14-13-23-12-8-11-22)16-9-6-5-7-10-16;/h12-21,28-30,33-35H,11,22-27H2,1-8,10H3,(H,46,57)(H,47,60)(H,48,59)(H,49,62)(H,50,58)(H,51,61)(H,52,56)(H,53,63);7-11,14-15,17-19H,6,12-13,23H2,1-5H3,(H,24,28)(H,25,29)(H,26,27);5-7,9-10,15,23H,8,12-14H2,1-4H3,(H,24,30)(H,25,31)(H,26,29)(H,27,32);1H/t29?,30-,33-,34-,35-;15?,17-,18-,19-;15-;/m000./s1. The number of carbonyl (C=O) groups excluding carboxylic acids is 15. The number of nitrogens with two attached hydrogens (primary N) is 1. The van der Waals surface area contributed by atoms with Crippen LogP contribution in [0.15, 0.2) is 121 Å². The molecule has 10 atom stereocenters. The molecule has 0 aliphatic heterocycles. The van der Waals surface area contributed by atoms with Gasteiger partial charge in [-0.1, -0.05) is 165 Å². The van der Waals surface area contributed by atoms with Gasteiger partial charge in [0.05, 0.1) is 18.7 Å². The minimum atomic E-state index is -1.22. The minimum Gasteiger partial charge on any atom is -0.357 e. The fourth-order valence-corrected chi connectivity index (χ4v) is 11.6. The molecule has 0 spiro atoms. The van der Waals surface area contributed by atoms with Crippen LogP contribution in [0.25, 0.3) is 4.85 Å². The summed E-state index contributed by atoms with van der Waals surface area (Å²) in [5.41, 5.74) is 16.5. The van der Waals surface area contributed by atoms with E-state index in [2.05, 4.69) is 90.3 Å². The Balaban J connectivity index is 0.00000105. The summed E-state index contributed by atoms with van der Waals surface area (Å²) in [5, 5.41) is 40.4. The van der Waals surface area contributed by atoms with E-state index in [0.29, 0.717) is 68.6 Å². The maximum atomic E-state index is 14.2. The van der Waals surface area contributed by atoms with Gasteiger partial charge in [0.25, 0.3) is 11.8 Å². The van der Waals surface area contributed by atoms with E-state index >= 15 is 0 Å². The predicted octanol–water partition coefficient (Wildman–Crippen LogP) is 3.95. The Kier molecular flexibility index (Phi) is 51.1. The number of para-hydroxylation sites is 2. The molecule has 0 saturated heterocycles. The Bertz CT molecular complexity index is 4180. The van der Waals surface area contributed by atoms with Crippen molar-refractivity contribution in [2.45, 2.75) is 215 Å². The second-order valence-electron chi connectivity index (χ2n) is 32.5. The lowest BCUT2D eigenvalue weighted by Gasteiger charge is -2.30. The summed E-state index contributed by atoms with van der Waals surface area (Å²) in [5.74, 6) is -8.04. The van der Waals surface area contributed by atoms with Crippen molar-refractivity contribution in [2.24, 2.45) is 29.4 Å². The number of benzene rings is 4. The van der Waals surface area contributed by atoms with Gasteiger partial charge in [0, 0.05) is 82.1 Å². The number of rotatable bonds is 39. The monoisotopic (exact) mass is 1760 g/mol. The number of carbonyl (C=O) groups is 15. The van der Waals surface area contributed by atoms with Gasteiger partial charge in [0.2, 0.25) is 42.0 Å². The van der Waals surface area contributed by atoms with Crippen molar-refractivity contribution in [3.8, 4) is 6.07 Å². The Hall–Kier alpha value is -12.5. The van der Waals surface area contributed by atoms with Gasteiger partial charge >= 0.3 is 41.7 Å². The predicted molar refractivity (Wildman–Crippen MR) is 480 cm³/mol. The molecule has 18 N–H and O–H groups in total. The first kappa shape index (κ1) is 111. The third-order valence-corrected chi connectivity index (χ3v) is 18.7. The normalized spacial score (nSPS) is 13.1. The summed E-state index contributed by atoms with van der Waals surface area (Å²) < 4.78 is 0. The molecule has 4 aromatic carbocycles. The van der Waals surface area contributed by atoms with Crippen LogP contribution in [-0.4, -0.2) is 213 Å². The highest BCUT2D eigenvalue weighted by Crippen LogP contribution is 2.18. The molecule has 4 aromatic rings. The fourth-order valence-electron chi connectivity index (χ4n) is 11.6. The van der Waals surface area contributed by atoms with E-state index in [4.69, 9.17) is 17.6 Å². The van der Waals surface area contributed by atoms with Crippen molar-refractivity contribution in [3.63, 3.8) is 0 Å². The molecule has 0 aliphatic carbocycles. The minimum absolute atomic E-state index is 0. The lowest BCUT2D eigenvalue weighted by Crippen LogP contribution is -2.60. The van der Waals surface area contributed by atoms with Crippen molar-refractivity contribution in [2.75, 3.05) is 69.7 Å². The van der Waals surface area contributed by atoms with Crippen LogP contribution in [0.5, 0.6) is 0 Å². The maximum Gasteiger partial charge on any atom is 0.340 e. The Labute approximate surface area is 741 Å². The quantitative estimate of drug-likeness (QED) is 0.0130. The van der Waals surface area contributed by atoms with Crippen LogP contribution in [0.1, 0.15) is 154 Å². The number of halogens is 1. The number of nitrogens with zero attached hydrogens (tertiary/aromatic N) is 5. The van der Waals surface area contributed by atoms with Gasteiger partial charge in [-0.15, -0.1) is 12.4 Å². The Morgan fingerprint density at radius 2 is 0.816 bits per heavy atom. The van der Waals surface area contributed by atoms with Gasteiger partial charge in [0.15, 0.2) is 0 Å². The summed E-state index contributed by atoms with van der Waals surface area (Å²) >= 11 is 0. The summed E-state index contributed by atoms with van der Waals surface area (Å²) in [6.07, 6.45) is 2.86. The number of nitriles is 1. The number of hydrazine groups is 2. The molecule has 0 bridgehead atoms. The largest absolute Gasteiger partial charge is 0.357 e. The molecule has 0 saturated carbocycles. The molecule has 0 radical (unpaired) electrons.